The van der Waals surface area contributed by atoms with E-state index in [9.17, 15) is 0 Å². The predicted molar refractivity (Wildman–Crippen MR) is 80.3 cm³/mol. The molecule has 0 spiro atoms. The molecule has 0 radical (unpaired) electrons. The molecule has 6 nitrogen and oxygen atoms in total. The van der Waals surface area contributed by atoms with E-state index in [0.717, 1.165) is 48.4 Å². The molecule has 0 saturated carbocycles. The van der Waals surface area contributed by atoms with Gasteiger partial charge in [-0.05, 0) is 27.2 Å². The molecule has 3 rings (SSSR count). The van der Waals surface area contributed by atoms with Gasteiger partial charge >= 0.3 is 0 Å². The first kappa shape index (κ1) is 14.0. The average Bonchev–Trinajstić information content (AvgIpc) is 3.08. The van der Waals surface area contributed by atoms with Crippen LogP contribution in [-0.2, 0) is 11.3 Å². The van der Waals surface area contributed by atoms with Crippen LogP contribution in [0.4, 0.5) is 5.82 Å². The van der Waals surface area contributed by atoms with E-state index in [1.807, 2.05) is 26.8 Å². The van der Waals surface area contributed by atoms with E-state index in [0.29, 0.717) is 12.5 Å². The topological polar surface area (TPSA) is 75.7 Å². The minimum Gasteiger partial charge on any atom is -0.381 e. The first-order chi connectivity index (χ1) is 10.1. The monoisotopic (exact) mass is 287 g/mol. The number of anilines is 1. The van der Waals surface area contributed by atoms with Gasteiger partial charge in [0, 0.05) is 36.4 Å². The number of hydrogen-bond acceptors (Lipinski definition) is 5. The molecular weight excluding hydrogens is 266 g/mol. The van der Waals surface area contributed by atoms with Crippen molar-refractivity contribution in [2.45, 2.75) is 39.7 Å². The highest BCUT2D eigenvalue weighted by atomic mass is 16.5. The minimum absolute atomic E-state index is 0.393. The van der Waals surface area contributed by atoms with E-state index in [-0.39, 0.29) is 0 Å². The summed E-state index contributed by atoms with van der Waals surface area (Å²) in [6.45, 7) is 8.26. The van der Waals surface area contributed by atoms with Crippen LogP contribution in [0.5, 0.6) is 0 Å². The zero-order chi connectivity index (χ0) is 14.8. The second-order valence-corrected chi connectivity index (χ2v) is 5.55. The van der Waals surface area contributed by atoms with Crippen molar-refractivity contribution in [3.8, 4) is 0 Å². The van der Waals surface area contributed by atoms with Crippen LogP contribution in [0.3, 0.4) is 0 Å². The Bertz CT molecular complexity index is 611. The Morgan fingerprint density at radius 1 is 1.33 bits per heavy atom. The highest BCUT2D eigenvalue weighted by molar-refractivity contribution is 5.39. The minimum atomic E-state index is 0.393. The van der Waals surface area contributed by atoms with Crippen molar-refractivity contribution in [1.82, 2.24) is 20.2 Å². The quantitative estimate of drug-likeness (QED) is 0.902. The number of nitrogens with one attached hydrogen (secondary N) is 2. The van der Waals surface area contributed by atoms with E-state index in [4.69, 9.17) is 4.74 Å². The normalized spacial score (nSPS) is 18.1. The summed E-state index contributed by atoms with van der Waals surface area (Å²) in [5.74, 6) is 2.05. The standard InChI is InChI=1S/C15H21N5O/c1-9-13(10(2)20-19-9)7-16-15-6-14(17-11(3)18-15)12-4-5-21-8-12/h6,12H,4-5,7-8H2,1-3H3,(H,19,20)(H,16,17,18)/t12-/m1/s1. The molecule has 0 amide bonds. The lowest BCUT2D eigenvalue weighted by Crippen LogP contribution is -2.08. The zero-order valence-electron chi connectivity index (χ0n) is 12.7. The number of aryl methyl sites for hydroxylation is 3. The third-order valence-corrected chi connectivity index (χ3v) is 3.93. The molecule has 112 valence electrons. The van der Waals surface area contributed by atoms with E-state index >= 15 is 0 Å². The van der Waals surface area contributed by atoms with Crippen molar-refractivity contribution in [3.63, 3.8) is 0 Å². The second-order valence-electron chi connectivity index (χ2n) is 5.55. The van der Waals surface area contributed by atoms with Crippen LogP contribution >= 0.6 is 0 Å². The lowest BCUT2D eigenvalue weighted by molar-refractivity contribution is 0.193. The lowest BCUT2D eigenvalue weighted by atomic mass is 10.0. The molecule has 1 atom stereocenters. The molecule has 6 heteroatoms. The molecule has 0 bridgehead atoms. The number of rotatable bonds is 4. The third kappa shape index (κ3) is 3.05. The fourth-order valence-electron chi connectivity index (χ4n) is 2.67. The molecule has 1 fully saturated rings. The van der Waals surface area contributed by atoms with Crippen LogP contribution in [0, 0.1) is 20.8 Å². The SMILES string of the molecule is Cc1nc(NCc2c(C)n[nH]c2C)cc([C@@H]2CCOC2)n1. The van der Waals surface area contributed by atoms with Crippen LogP contribution in [0.1, 0.15) is 40.8 Å². The number of ether oxygens (including phenoxy) is 1. The average molecular weight is 287 g/mol. The first-order valence-corrected chi connectivity index (χ1v) is 7.31. The van der Waals surface area contributed by atoms with Crippen LogP contribution < -0.4 is 5.32 Å². The number of hydrogen-bond donors (Lipinski definition) is 2. The number of H-pyrrole nitrogens is 1. The van der Waals surface area contributed by atoms with Crippen LogP contribution in [0.15, 0.2) is 6.07 Å². The van der Waals surface area contributed by atoms with Crippen molar-refractivity contribution < 1.29 is 4.74 Å². The Morgan fingerprint density at radius 3 is 2.86 bits per heavy atom. The smallest absolute Gasteiger partial charge is 0.130 e. The van der Waals surface area contributed by atoms with Gasteiger partial charge in [-0.15, -0.1) is 0 Å². The molecule has 2 N–H and O–H groups in total. The second kappa shape index (κ2) is 5.81. The molecule has 1 aliphatic heterocycles. The molecule has 0 unspecified atom stereocenters. The summed E-state index contributed by atoms with van der Waals surface area (Å²) in [6, 6.07) is 2.04. The Kier molecular flexibility index (Phi) is 3.88. The van der Waals surface area contributed by atoms with E-state index < -0.39 is 0 Å². The molecule has 1 aliphatic rings. The van der Waals surface area contributed by atoms with Crippen molar-refractivity contribution in [1.29, 1.82) is 0 Å². The maximum Gasteiger partial charge on any atom is 0.130 e. The maximum atomic E-state index is 5.45. The van der Waals surface area contributed by atoms with Crippen molar-refractivity contribution in [2.24, 2.45) is 0 Å². The Morgan fingerprint density at radius 2 is 2.19 bits per heavy atom. The van der Waals surface area contributed by atoms with Gasteiger partial charge in [0.15, 0.2) is 0 Å². The number of aromatic amines is 1. The molecule has 0 aliphatic carbocycles. The third-order valence-electron chi connectivity index (χ3n) is 3.93. The highest BCUT2D eigenvalue weighted by Gasteiger charge is 2.20. The van der Waals surface area contributed by atoms with Crippen molar-refractivity contribution >= 4 is 5.82 Å². The van der Waals surface area contributed by atoms with Gasteiger partial charge in [-0.2, -0.15) is 5.10 Å². The fourth-order valence-corrected chi connectivity index (χ4v) is 2.67. The van der Waals surface area contributed by atoms with E-state index in [2.05, 4.69) is 25.5 Å². The molecular formula is C15H21N5O. The van der Waals surface area contributed by atoms with Gasteiger partial charge in [-0.3, -0.25) is 5.10 Å². The van der Waals surface area contributed by atoms with Gasteiger partial charge in [-0.1, -0.05) is 0 Å². The van der Waals surface area contributed by atoms with Gasteiger partial charge in [0.1, 0.15) is 11.6 Å². The van der Waals surface area contributed by atoms with Crippen molar-refractivity contribution in [2.75, 3.05) is 18.5 Å². The Balaban J connectivity index is 1.76. The van der Waals surface area contributed by atoms with Gasteiger partial charge in [-0.25, -0.2) is 9.97 Å². The lowest BCUT2D eigenvalue weighted by Gasteiger charge is -2.11. The van der Waals surface area contributed by atoms with Crippen LogP contribution in [-0.4, -0.2) is 33.4 Å². The van der Waals surface area contributed by atoms with Gasteiger partial charge in [0.05, 0.1) is 18.0 Å². The summed E-state index contributed by atoms with van der Waals surface area (Å²) < 4.78 is 5.45. The molecule has 2 aromatic rings. The number of nitrogens with zero attached hydrogens (tertiary/aromatic N) is 3. The summed E-state index contributed by atoms with van der Waals surface area (Å²) in [5.41, 5.74) is 4.38. The summed E-state index contributed by atoms with van der Waals surface area (Å²) >= 11 is 0. The summed E-state index contributed by atoms with van der Waals surface area (Å²) in [6.07, 6.45) is 1.04. The summed E-state index contributed by atoms with van der Waals surface area (Å²) in [5, 5.41) is 10.6. The highest BCUT2D eigenvalue weighted by Crippen LogP contribution is 2.25. The molecule has 1 saturated heterocycles. The van der Waals surface area contributed by atoms with Gasteiger partial charge < -0.3 is 10.1 Å². The first-order valence-electron chi connectivity index (χ1n) is 7.31. The predicted octanol–water partition coefficient (Wildman–Crippen LogP) is 2.24. The van der Waals surface area contributed by atoms with Gasteiger partial charge in [0.25, 0.3) is 0 Å². The van der Waals surface area contributed by atoms with Gasteiger partial charge in [0.2, 0.25) is 0 Å². The largest absolute Gasteiger partial charge is 0.381 e. The molecule has 0 aromatic carbocycles. The van der Waals surface area contributed by atoms with Crippen LogP contribution in [0.25, 0.3) is 0 Å². The van der Waals surface area contributed by atoms with Crippen LogP contribution in [0.2, 0.25) is 0 Å². The van der Waals surface area contributed by atoms with Crippen molar-refractivity contribution in [3.05, 3.63) is 34.5 Å². The number of aromatic nitrogens is 4. The molecule has 21 heavy (non-hydrogen) atoms. The summed E-state index contributed by atoms with van der Waals surface area (Å²) in [4.78, 5) is 9.02. The summed E-state index contributed by atoms with van der Waals surface area (Å²) in [7, 11) is 0. The Hall–Kier alpha value is -1.95. The van der Waals surface area contributed by atoms with E-state index in [1.54, 1.807) is 0 Å². The zero-order valence-corrected chi connectivity index (χ0v) is 12.7. The fraction of sp³-hybridized carbons (Fsp3) is 0.533. The molecule has 2 aromatic heterocycles. The maximum absolute atomic E-state index is 5.45. The molecule has 3 heterocycles. The van der Waals surface area contributed by atoms with E-state index in [1.165, 1.54) is 5.56 Å². The Labute approximate surface area is 124 Å².